The minimum absolute atomic E-state index is 0.581. The largest absolute Gasteiger partial charge is 0.260 e. The Morgan fingerprint density at radius 3 is 2.57 bits per heavy atom. The summed E-state index contributed by atoms with van der Waals surface area (Å²) in [5.74, 6) is 0.581. The van der Waals surface area contributed by atoms with Gasteiger partial charge in [0.05, 0.1) is 12.1 Å². The second-order valence-electron chi connectivity index (χ2n) is 4.76. The van der Waals surface area contributed by atoms with Gasteiger partial charge in [0.1, 0.15) is 5.69 Å². The molecule has 0 atom stereocenters. The van der Waals surface area contributed by atoms with Crippen LogP contribution in [0.5, 0.6) is 0 Å². The normalized spacial score (nSPS) is 11.0. The smallest absolute Gasteiger partial charge is 0.200 e. The van der Waals surface area contributed by atoms with Gasteiger partial charge in [-0.15, -0.1) is 5.10 Å². The zero-order chi connectivity index (χ0) is 14.1. The van der Waals surface area contributed by atoms with Crippen LogP contribution in [0, 0.1) is 0 Å². The number of hydrogen-bond acceptors (Lipinski definition) is 4. The van der Waals surface area contributed by atoms with Crippen molar-refractivity contribution in [1.29, 1.82) is 0 Å². The van der Waals surface area contributed by atoms with Crippen LogP contribution in [0.15, 0.2) is 54.6 Å². The lowest BCUT2D eigenvalue weighted by Gasteiger charge is -2.03. The first kappa shape index (κ1) is 11.8. The number of benzene rings is 2. The molecule has 0 radical (unpaired) electrons. The Morgan fingerprint density at radius 2 is 1.76 bits per heavy atom. The molecule has 0 saturated carbocycles. The lowest BCUT2D eigenvalue weighted by Crippen LogP contribution is -2.01. The monoisotopic (exact) mass is 276 g/mol. The maximum Gasteiger partial charge on any atom is 0.200 e. The quantitative estimate of drug-likeness (QED) is 0.623. The molecule has 4 rings (SSSR count). The van der Waals surface area contributed by atoms with Crippen molar-refractivity contribution in [3.63, 3.8) is 0 Å². The number of aromatic amines is 1. The zero-order valence-corrected chi connectivity index (χ0v) is 11.1. The van der Waals surface area contributed by atoms with Crippen molar-refractivity contribution in [3.8, 4) is 11.5 Å². The predicted molar refractivity (Wildman–Crippen MR) is 78.4 cm³/mol. The lowest BCUT2D eigenvalue weighted by atomic mass is 10.2. The summed E-state index contributed by atoms with van der Waals surface area (Å²) >= 11 is 0. The maximum atomic E-state index is 4.67. The predicted octanol–water partition coefficient (Wildman–Crippen LogP) is 2.26. The number of aromatic nitrogens is 6. The third-order valence-electron chi connectivity index (χ3n) is 3.40. The first-order valence-electron chi connectivity index (χ1n) is 6.65. The molecule has 6 nitrogen and oxygen atoms in total. The number of tetrazole rings is 1. The molecule has 0 amide bonds. The summed E-state index contributed by atoms with van der Waals surface area (Å²) < 4.78 is 1.97. The summed E-state index contributed by atoms with van der Waals surface area (Å²) in [6.07, 6.45) is 0. The number of nitrogens with one attached hydrogen (secondary N) is 1. The molecule has 2 heterocycles. The van der Waals surface area contributed by atoms with E-state index in [4.69, 9.17) is 0 Å². The second-order valence-corrected chi connectivity index (χ2v) is 4.76. The van der Waals surface area contributed by atoms with Crippen molar-refractivity contribution in [2.24, 2.45) is 0 Å². The van der Waals surface area contributed by atoms with Gasteiger partial charge in [0.15, 0.2) is 0 Å². The van der Waals surface area contributed by atoms with E-state index in [0.29, 0.717) is 12.4 Å². The van der Waals surface area contributed by atoms with Gasteiger partial charge in [-0.25, -0.2) is 5.10 Å². The molecule has 1 N–H and O–H groups in total. The Morgan fingerprint density at radius 1 is 0.952 bits per heavy atom. The summed E-state index contributed by atoms with van der Waals surface area (Å²) in [4.78, 5) is 0. The van der Waals surface area contributed by atoms with Gasteiger partial charge in [-0.05, 0) is 22.1 Å². The highest BCUT2D eigenvalue weighted by atomic mass is 15.5. The Hall–Kier alpha value is -3.02. The third-order valence-corrected chi connectivity index (χ3v) is 3.40. The van der Waals surface area contributed by atoms with Crippen molar-refractivity contribution < 1.29 is 0 Å². The minimum Gasteiger partial charge on any atom is -0.260 e. The van der Waals surface area contributed by atoms with E-state index in [1.807, 2.05) is 41.1 Å². The van der Waals surface area contributed by atoms with E-state index >= 15 is 0 Å². The van der Waals surface area contributed by atoms with E-state index in [1.54, 1.807) is 0 Å². The molecule has 0 aliphatic rings. The fraction of sp³-hybridized carbons (Fsp3) is 0.0667. The van der Waals surface area contributed by atoms with Gasteiger partial charge >= 0.3 is 0 Å². The molecule has 6 heteroatoms. The average molecular weight is 276 g/mol. The number of nitrogens with zero attached hydrogens (tertiary/aromatic N) is 5. The number of H-pyrrole nitrogens is 1. The van der Waals surface area contributed by atoms with E-state index < -0.39 is 0 Å². The van der Waals surface area contributed by atoms with Crippen molar-refractivity contribution in [1.82, 2.24) is 30.4 Å². The van der Waals surface area contributed by atoms with Gasteiger partial charge < -0.3 is 0 Å². The van der Waals surface area contributed by atoms with Gasteiger partial charge in [0.2, 0.25) is 5.82 Å². The first-order valence-corrected chi connectivity index (χ1v) is 6.65. The molecule has 4 aromatic rings. The molecule has 0 unspecified atom stereocenters. The van der Waals surface area contributed by atoms with Crippen molar-refractivity contribution in [2.45, 2.75) is 6.54 Å². The van der Waals surface area contributed by atoms with Crippen molar-refractivity contribution in [3.05, 3.63) is 60.2 Å². The van der Waals surface area contributed by atoms with Gasteiger partial charge in [-0.1, -0.05) is 48.5 Å². The molecule has 0 aliphatic carbocycles. The standard InChI is InChI=1S/C15H12N6/c1-2-6-11(7-3-1)10-21-13-9-5-4-8-12(13)14(18-21)15-16-19-20-17-15/h1-9H,10H2,(H,16,17,19,20). The lowest BCUT2D eigenvalue weighted by molar-refractivity contribution is 0.713. The maximum absolute atomic E-state index is 4.67. The highest BCUT2D eigenvalue weighted by molar-refractivity contribution is 5.91. The molecule has 0 fully saturated rings. The van der Waals surface area contributed by atoms with Crippen LogP contribution in [0.4, 0.5) is 0 Å². The number of para-hydroxylation sites is 1. The average Bonchev–Trinajstić information content (AvgIpc) is 3.17. The van der Waals surface area contributed by atoms with Gasteiger partial charge in [-0.2, -0.15) is 5.10 Å². The van der Waals surface area contributed by atoms with Crippen LogP contribution >= 0.6 is 0 Å². The van der Waals surface area contributed by atoms with Crippen molar-refractivity contribution in [2.75, 3.05) is 0 Å². The molecule has 0 saturated heterocycles. The van der Waals surface area contributed by atoms with E-state index in [9.17, 15) is 0 Å². The molecule has 0 spiro atoms. The Kier molecular flexibility index (Phi) is 2.71. The Bertz CT molecular complexity index is 864. The van der Waals surface area contributed by atoms with Crippen LogP contribution in [0.3, 0.4) is 0 Å². The SMILES string of the molecule is c1ccc(Cn2nc(-c3nnn[nH]3)c3ccccc32)cc1. The summed E-state index contributed by atoms with van der Waals surface area (Å²) in [7, 11) is 0. The number of rotatable bonds is 3. The van der Waals surface area contributed by atoms with E-state index in [1.165, 1.54) is 5.56 Å². The van der Waals surface area contributed by atoms with Crippen LogP contribution in [0.25, 0.3) is 22.4 Å². The minimum atomic E-state index is 0.581. The molecule has 2 aromatic carbocycles. The molecule has 2 aromatic heterocycles. The molecule has 21 heavy (non-hydrogen) atoms. The summed E-state index contributed by atoms with van der Waals surface area (Å²) in [5, 5.41) is 19.7. The first-order chi connectivity index (χ1) is 10.4. The molecular weight excluding hydrogens is 264 g/mol. The van der Waals surface area contributed by atoms with Crippen LogP contribution < -0.4 is 0 Å². The second kappa shape index (κ2) is 4.82. The summed E-state index contributed by atoms with van der Waals surface area (Å²) in [6, 6.07) is 18.3. The van der Waals surface area contributed by atoms with Crippen LogP contribution in [0.2, 0.25) is 0 Å². The van der Waals surface area contributed by atoms with Crippen LogP contribution in [-0.2, 0) is 6.54 Å². The van der Waals surface area contributed by atoms with E-state index in [2.05, 4.69) is 43.9 Å². The highest BCUT2D eigenvalue weighted by Gasteiger charge is 2.14. The summed E-state index contributed by atoms with van der Waals surface area (Å²) in [6.45, 7) is 0.711. The van der Waals surface area contributed by atoms with Crippen molar-refractivity contribution >= 4 is 10.9 Å². The fourth-order valence-corrected chi connectivity index (χ4v) is 2.44. The Balaban J connectivity index is 1.86. The zero-order valence-electron chi connectivity index (χ0n) is 11.1. The van der Waals surface area contributed by atoms with E-state index in [0.717, 1.165) is 16.6 Å². The summed E-state index contributed by atoms with van der Waals surface area (Å²) in [5.41, 5.74) is 3.03. The molecule has 0 bridgehead atoms. The highest BCUT2D eigenvalue weighted by Crippen LogP contribution is 2.25. The van der Waals surface area contributed by atoms with Crippen LogP contribution in [-0.4, -0.2) is 30.4 Å². The third kappa shape index (κ3) is 2.06. The van der Waals surface area contributed by atoms with E-state index in [-0.39, 0.29) is 0 Å². The fourth-order valence-electron chi connectivity index (χ4n) is 2.44. The molecule has 0 aliphatic heterocycles. The van der Waals surface area contributed by atoms with Gasteiger partial charge in [0, 0.05) is 5.39 Å². The molecular formula is C15H12N6. The number of fused-ring (bicyclic) bond motifs is 1. The van der Waals surface area contributed by atoms with Crippen LogP contribution in [0.1, 0.15) is 5.56 Å². The molecule has 102 valence electrons. The van der Waals surface area contributed by atoms with Gasteiger partial charge in [-0.3, -0.25) is 4.68 Å². The topological polar surface area (TPSA) is 72.3 Å². The Labute approximate surface area is 120 Å². The number of hydrogen-bond donors (Lipinski definition) is 1. The van der Waals surface area contributed by atoms with Gasteiger partial charge in [0.25, 0.3) is 0 Å².